The van der Waals surface area contributed by atoms with Crippen LogP contribution in [-0.4, -0.2) is 15.7 Å². The minimum atomic E-state index is -0.0476. The summed E-state index contributed by atoms with van der Waals surface area (Å²) >= 11 is 1.65. The average molecular weight is 339 g/mol. The van der Waals surface area contributed by atoms with Crippen LogP contribution < -0.4 is 5.32 Å². The summed E-state index contributed by atoms with van der Waals surface area (Å²) in [5, 5.41) is 9.52. The largest absolute Gasteiger partial charge is 0.345 e. The number of carbonyl (C=O) groups is 1. The van der Waals surface area contributed by atoms with Gasteiger partial charge in [0, 0.05) is 16.1 Å². The molecule has 1 amide bonds. The second-order valence-electron chi connectivity index (χ2n) is 5.99. The molecule has 1 atom stereocenters. The first kappa shape index (κ1) is 16.5. The average Bonchev–Trinajstić information content (AvgIpc) is 3.18. The van der Waals surface area contributed by atoms with Crippen molar-refractivity contribution < 1.29 is 4.79 Å². The zero-order chi connectivity index (χ0) is 17.1. The number of nitrogens with one attached hydrogen (secondary N) is 1. The Kier molecular flexibility index (Phi) is 4.81. The minimum absolute atomic E-state index is 0.0203. The predicted octanol–water partition coefficient (Wildman–Crippen LogP) is 4.10. The molecule has 1 aromatic carbocycles. The molecule has 1 unspecified atom stereocenters. The lowest BCUT2D eigenvalue weighted by molar-refractivity contribution is 0.0940. The molecule has 24 heavy (non-hydrogen) atoms. The van der Waals surface area contributed by atoms with Gasteiger partial charge < -0.3 is 5.32 Å². The van der Waals surface area contributed by atoms with Gasteiger partial charge in [-0.15, -0.1) is 11.3 Å². The predicted molar refractivity (Wildman–Crippen MR) is 97.4 cm³/mol. The maximum Gasteiger partial charge on any atom is 0.251 e. The molecule has 0 spiro atoms. The molecule has 3 rings (SSSR count). The Hall–Kier alpha value is -2.40. The third-order valence-electron chi connectivity index (χ3n) is 3.97. The Balaban J connectivity index is 1.65. The topological polar surface area (TPSA) is 46.9 Å². The van der Waals surface area contributed by atoms with Gasteiger partial charge >= 0.3 is 0 Å². The van der Waals surface area contributed by atoms with Crippen LogP contribution in [0.25, 0.3) is 0 Å². The molecular weight excluding hydrogens is 318 g/mol. The molecular formula is C19H21N3OS. The van der Waals surface area contributed by atoms with Gasteiger partial charge in [-0.05, 0) is 56.0 Å². The highest BCUT2D eigenvalue weighted by molar-refractivity contribution is 7.10. The summed E-state index contributed by atoms with van der Waals surface area (Å²) in [5.74, 6) is -0.0476. The highest BCUT2D eigenvalue weighted by Crippen LogP contribution is 2.18. The van der Waals surface area contributed by atoms with Crippen molar-refractivity contribution in [1.29, 1.82) is 0 Å². The highest BCUT2D eigenvalue weighted by atomic mass is 32.1. The van der Waals surface area contributed by atoms with Gasteiger partial charge in [-0.3, -0.25) is 9.48 Å². The fourth-order valence-electron chi connectivity index (χ4n) is 2.66. The standard InChI is InChI=1S/C19H21N3OS/c1-13-11-14(2)22(21-13)12-16-6-8-17(9-7-16)19(23)20-15(3)18-5-4-10-24-18/h4-11,15H,12H2,1-3H3,(H,20,23). The summed E-state index contributed by atoms with van der Waals surface area (Å²) < 4.78 is 1.98. The first-order valence-electron chi connectivity index (χ1n) is 7.97. The smallest absolute Gasteiger partial charge is 0.251 e. The van der Waals surface area contributed by atoms with Crippen LogP contribution in [0.2, 0.25) is 0 Å². The zero-order valence-corrected chi connectivity index (χ0v) is 14.9. The lowest BCUT2D eigenvalue weighted by Crippen LogP contribution is -2.26. The molecule has 4 nitrogen and oxygen atoms in total. The van der Waals surface area contributed by atoms with Gasteiger partial charge in [-0.1, -0.05) is 18.2 Å². The van der Waals surface area contributed by atoms with Crippen molar-refractivity contribution in [1.82, 2.24) is 15.1 Å². The fourth-order valence-corrected chi connectivity index (χ4v) is 3.39. The van der Waals surface area contributed by atoms with E-state index in [0.29, 0.717) is 12.1 Å². The van der Waals surface area contributed by atoms with Crippen LogP contribution in [0.1, 0.15) is 45.2 Å². The van der Waals surface area contributed by atoms with Gasteiger partial charge in [0.05, 0.1) is 18.3 Å². The van der Waals surface area contributed by atoms with Gasteiger partial charge in [-0.25, -0.2) is 0 Å². The van der Waals surface area contributed by atoms with Crippen molar-refractivity contribution in [3.63, 3.8) is 0 Å². The normalized spacial score (nSPS) is 12.1. The molecule has 2 aromatic heterocycles. The molecule has 0 aliphatic rings. The third kappa shape index (κ3) is 3.74. The highest BCUT2D eigenvalue weighted by Gasteiger charge is 2.12. The number of aryl methyl sites for hydroxylation is 2. The zero-order valence-electron chi connectivity index (χ0n) is 14.1. The number of hydrogen-bond acceptors (Lipinski definition) is 3. The van der Waals surface area contributed by atoms with E-state index in [9.17, 15) is 4.79 Å². The fraction of sp³-hybridized carbons (Fsp3) is 0.263. The van der Waals surface area contributed by atoms with Gasteiger partial charge in [0.2, 0.25) is 0 Å². The molecule has 124 valence electrons. The third-order valence-corrected chi connectivity index (χ3v) is 5.02. The second kappa shape index (κ2) is 7.01. The van der Waals surface area contributed by atoms with E-state index in [0.717, 1.165) is 21.8 Å². The lowest BCUT2D eigenvalue weighted by atomic mass is 10.1. The number of carbonyl (C=O) groups excluding carboxylic acids is 1. The summed E-state index contributed by atoms with van der Waals surface area (Å²) in [5.41, 5.74) is 3.96. The van der Waals surface area contributed by atoms with Gasteiger partial charge in [-0.2, -0.15) is 5.10 Å². The first-order chi connectivity index (χ1) is 11.5. The molecule has 3 aromatic rings. The molecule has 0 aliphatic carbocycles. The molecule has 0 bridgehead atoms. The molecule has 1 N–H and O–H groups in total. The molecule has 0 aliphatic heterocycles. The van der Waals surface area contributed by atoms with Crippen molar-refractivity contribution >= 4 is 17.2 Å². The van der Waals surface area contributed by atoms with Gasteiger partial charge in [0.15, 0.2) is 0 Å². The van der Waals surface area contributed by atoms with Crippen molar-refractivity contribution in [3.8, 4) is 0 Å². The Morgan fingerprint density at radius 3 is 2.58 bits per heavy atom. The number of aromatic nitrogens is 2. The van der Waals surface area contributed by atoms with Crippen molar-refractivity contribution in [2.45, 2.75) is 33.4 Å². The molecule has 5 heteroatoms. The van der Waals surface area contributed by atoms with Crippen LogP contribution in [0.5, 0.6) is 0 Å². The lowest BCUT2D eigenvalue weighted by Gasteiger charge is -2.12. The van der Waals surface area contributed by atoms with E-state index in [1.807, 2.05) is 67.2 Å². The maximum atomic E-state index is 12.4. The van der Waals surface area contributed by atoms with Crippen LogP contribution in [0.4, 0.5) is 0 Å². The summed E-state index contributed by atoms with van der Waals surface area (Å²) in [6, 6.07) is 13.8. The molecule has 2 heterocycles. The van der Waals surface area contributed by atoms with Crippen LogP contribution in [0.15, 0.2) is 47.8 Å². The molecule has 0 saturated carbocycles. The Labute approximate surface area is 146 Å². The SMILES string of the molecule is Cc1cc(C)n(Cc2ccc(C(=O)NC(C)c3cccs3)cc2)n1. The second-order valence-corrected chi connectivity index (χ2v) is 6.97. The summed E-state index contributed by atoms with van der Waals surface area (Å²) in [7, 11) is 0. The van der Waals surface area contributed by atoms with Crippen LogP contribution in [0, 0.1) is 13.8 Å². The molecule has 0 radical (unpaired) electrons. The number of benzene rings is 1. The summed E-state index contributed by atoms with van der Waals surface area (Å²) in [6.45, 7) is 6.76. The van der Waals surface area contributed by atoms with E-state index in [4.69, 9.17) is 0 Å². The van der Waals surface area contributed by atoms with Crippen molar-refractivity contribution in [3.05, 3.63) is 75.2 Å². The molecule has 0 saturated heterocycles. The quantitative estimate of drug-likeness (QED) is 0.761. The number of rotatable bonds is 5. The van der Waals surface area contributed by atoms with E-state index in [2.05, 4.69) is 16.5 Å². The summed E-state index contributed by atoms with van der Waals surface area (Å²) in [6.07, 6.45) is 0. The maximum absolute atomic E-state index is 12.4. The van der Waals surface area contributed by atoms with E-state index < -0.39 is 0 Å². The van der Waals surface area contributed by atoms with E-state index >= 15 is 0 Å². The van der Waals surface area contributed by atoms with E-state index in [-0.39, 0.29) is 11.9 Å². The van der Waals surface area contributed by atoms with Crippen LogP contribution in [-0.2, 0) is 6.54 Å². The van der Waals surface area contributed by atoms with Crippen LogP contribution in [0.3, 0.4) is 0 Å². The minimum Gasteiger partial charge on any atom is -0.345 e. The van der Waals surface area contributed by atoms with Crippen molar-refractivity contribution in [2.75, 3.05) is 0 Å². The number of amides is 1. The van der Waals surface area contributed by atoms with Gasteiger partial charge in [0.25, 0.3) is 5.91 Å². The van der Waals surface area contributed by atoms with Crippen molar-refractivity contribution in [2.24, 2.45) is 0 Å². The van der Waals surface area contributed by atoms with Crippen LogP contribution >= 0.6 is 11.3 Å². The number of hydrogen-bond donors (Lipinski definition) is 1. The Morgan fingerprint density at radius 1 is 1.25 bits per heavy atom. The van der Waals surface area contributed by atoms with E-state index in [1.54, 1.807) is 11.3 Å². The number of thiophene rings is 1. The number of nitrogens with zero attached hydrogens (tertiary/aromatic N) is 2. The van der Waals surface area contributed by atoms with E-state index in [1.165, 1.54) is 0 Å². The van der Waals surface area contributed by atoms with Gasteiger partial charge in [0.1, 0.15) is 0 Å². The monoisotopic (exact) mass is 339 g/mol. The summed E-state index contributed by atoms with van der Waals surface area (Å²) in [4.78, 5) is 13.5. The molecule has 0 fully saturated rings. The first-order valence-corrected chi connectivity index (χ1v) is 8.85. The Morgan fingerprint density at radius 2 is 2.00 bits per heavy atom. The Bertz CT molecular complexity index is 819.